The maximum atomic E-state index is 13.2. The zero-order chi connectivity index (χ0) is 22.1. The Balaban J connectivity index is 1.95. The summed E-state index contributed by atoms with van der Waals surface area (Å²) in [5, 5.41) is 23.4. The molecule has 4 rings (SSSR count). The minimum absolute atomic E-state index is 0.000536. The number of hydrogen-bond acceptors (Lipinski definition) is 8. The predicted molar refractivity (Wildman–Crippen MR) is 122 cm³/mol. The molecule has 0 spiro atoms. The van der Waals surface area contributed by atoms with Crippen LogP contribution in [-0.2, 0) is 4.79 Å². The molecule has 31 heavy (non-hydrogen) atoms. The molecular formula is C22H20N4O3S2. The quantitative estimate of drug-likeness (QED) is 0.382. The number of rotatable bonds is 5. The maximum absolute atomic E-state index is 13.2. The fourth-order valence-corrected chi connectivity index (χ4v) is 6.27. The van der Waals surface area contributed by atoms with Crippen LogP contribution in [0.3, 0.4) is 0 Å². The Morgan fingerprint density at radius 1 is 1.39 bits per heavy atom. The summed E-state index contributed by atoms with van der Waals surface area (Å²) in [7, 11) is 0. The first kappa shape index (κ1) is 21.2. The Labute approximate surface area is 188 Å². The first-order chi connectivity index (χ1) is 15.0. The van der Waals surface area contributed by atoms with Crippen LogP contribution in [0.15, 0.2) is 62.6 Å². The summed E-state index contributed by atoms with van der Waals surface area (Å²) in [5.74, 6) is 0.588. The number of nitriles is 1. The van der Waals surface area contributed by atoms with Gasteiger partial charge in [0.05, 0.1) is 32.4 Å². The van der Waals surface area contributed by atoms with Crippen molar-refractivity contribution in [2.24, 2.45) is 5.73 Å². The van der Waals surface area contributed by atoms with Gasteiger partial charge in [0, 0.05) is 29.8 Å². The van der Waals surface area contributed by atoms with Gasteiger partial charge in [0.25, 0.3) is 5.69 Å². The number of thiophene rings is 1. The number of nitrogens with zero attached hydrogens (tertiary/aromatic N) is 3. The van der Waals surface area contributed by atoms with Gasteiger partial charge < -0.3 is 5.73 Å². The molecule has 7 nitrogen and oxygen atoms in total. The lowest BCUT2D eigenvalue weighted by Crippen LogP contribution is -2.38. The number of carbonyl (C=O) groups excluding carboxylic acids is 1. The van der Waals surface area contributed by atoms with Crippen molar-refractivity contribution in [2.75, 3.05) is 10.7 Å². The van der Waals surface area contributed by atoms with E-state index in [4.69, 9.17) is 5.73 Å². The summed E-state index contributed by atoms with van der Waals surface area (Å²) in [5.41, 5.74) is 9.48. The molecule has 158 valence electrons. The molecule has 2 N–H and O–H groups in total. The number of thioether (sulfide) groups is 1. The highest BCUT2D eigenvalue weighted by molar-refractivity contribution is 8.01. The van der Waals surface area contributed by atoms with Crippen molar-refractivity contribution in [3.8, 4) is 6.07 Å². The van der Waals surface area contributed by atoms with Gasteiger partial charge in [-0.2, -0.15) is 5.26 Å². The van der Waals surface area contributed by atoms with Gasteiger partial charge >= 0.3 is 0 Å². The minimum Gasteiger partial charge on any atom is -0.384 e. The molecule has 1 aromatic carbocycles. The molecule has 0 saturated carbocycles. The van der Waals surface area contributed by atoms with Crippen LogP contribution in [-0.4, -0.2) is 16.5 Å². The molecule has 0 unspecified atom stereocenters. The van der Waals surface area contributed by atoms with Gasteiger partial charge in [0.1, 0.15) is 5.82 Å². The molecule has 1 aliphatic carbocycles. The molecule has 2 heterocycles. The SMILES string of the molecule is CCSc1sccc1[C@@H]1C(C#N)=C(N)N(c2cccc([N+](=O)[O-])c2)C2=C1C(=O)CCC2. The van der Waals surface area contributed by atoms with E-state index in [2.05, 4.69) is 13.0 Å². The highest BCUT2D eigenvalue weighted by Gasteiger charge is 2.41. The van der Waals surface area contributed by atoms with Crippen molar-refractivity contribution in [1.29, 1.82) is 5.26 Å². The van der Waals surface area contributed by atoms with E-state index in [1.807, 2.05) is 11.4 Å². The van der Waals surface area contributed by atoms with Gasteiger partial charge in [-0.05, 0) is 41.7 Å². The van der Waals surface area contributed by atoms with E-state index in [-0.39, 0.29) is 17.3 Å². The predicted octanol–water partition coefficient (Wildman–Crippen LogP) is 5.07. The highest BCUT2D eigenvalue weighted by atomic mass is 32.2. The lowest BCUT2D eigenvalue weighted by atomic mass is 9.76. The number of nitro benzene ring substituents is 1. The third-order valence-electron chi connectivity index (χ3n) is 5.46. The number of ketones is 1. The second kappa shape index (κ2) is 8.57. The lowest BCUT2D eigenvalue weighted by Gasteiger charge is -2.39. The summed E-state index contributed by atoms with van der Waals surface area (Å²) >= 11 is 3.27. The first-order valence-corrected chi connectivity index (χ1v) is 11.7. The van der Waals surface area contributed by atoms with E-state index in [0.29, 0.717) is 36.1 Å². The zero-order valence-electron chi connectivity index (χ0n) is 16.8. The zero-order valence-corrected chi connectivity index (χ0v) is 18.5. The summed E-state index contributed by atoms with van der Waals surface area (Å²) in [4.78, 5) is 25.6. The summed E-state index contributed by atoms with van der Waals surface area (Å²) in [6, 6.07) is 10.3. The molecule has 0 bridgehead atoms. The average molecular weight is 453 g/mol. The molecule has 1 atom stereocenters. The molecule has 1 aliphatic heterocycles. The van der Waals surface area contributed by atoms with Crippen molar-refractivity contribution >= 4 is 40.3 Å². The first-order valence-electron chi connectivity index (χ1n) is 9.88. The number of Topliss-reactive ketones (excluding diaryl/α,β-unsaturated/α-hetero) is 1. The Hall–Kier alpha value is -3.09. The number of non-ortho nitro benzene ring substituents is 1. The Morgan fingerprint density at radius 3 is 2.90 bits per heavy atom. The molecule has 0 amide bonds. The van der Waals surface area contributed by atoms with Crippen LogP contribution in [0, 0.1) is 21.4 Å². The third-order valence-corrected chi connectivity index (χ3v) is 7.61. The number of nitrogens with two attached hydrogens (primary N) is 1. The van der Waals surface area contributed by atoms with Crippen LogP contribution in [0.25, 0.3) is 0 Å². The van der Waals surface area contributed by atoms with Gasteiger partial charge in [0.15, 0.2) is 5.78 Å². The lowest BCUT2D eigenvalue weighted by molar-refractivity contribution is -0.384. The summed E-state index contributed by atoms with van der Waals surface area (Å²) < 4.78 is 1.07. The van der Waals surface area contributed by atoms with Crippen molar-refractivity contribution in [3.63, 3.8) is 0 Å². The summed E-state index contributed by atoms with van der Waals surface area (Å²) in [6.45, 7) is 2.06. The second-order valence-corrected chi connectivity index (χ2v) is 9.64. The molecule has 0 fully saturated rings. The number of nitro groups is 1. The van der Waals surface area contributed by atoms with Gasteiger partial charge in [-0.25, -0.2) is 0 Å². The van der Waals surface area contributed by atoms with Crippen molar-refractivity contribution < 1.29 is 9.72 Å². The average Bonchev–Trinajstić information content (AvgIpc) is 3.21. The third kappa shape index (κ3) is 3.62. The van der Waals surface area contributed by atoms with E-state index in [1.165, 1.54) is 12.1 Å². The van der Waals surface area contributed by atoms with Crippen LogP contribution >= 0.6 is 23.1 Å². The molecule has 0 radical (unpaired) electrons. The minimum atomic E-state index is -0.511. The number of benzene rings is 1. The van der Waals surface area contributed by atoms with Crippen LogP contribution < -0.4 is 10.6 Å². The number of allylic oxidation sites excluding steroid dienone is 3. The van der Waals surface area contributed by atoms with Crippen LogP contribution in [0.1, 0.15) is 37.7 Å². The number of hydrogen-bond donors (Lipinski definition) is 1. The molecule has 0 saturated heterocycles. The topological polar surface area (TPSA) is 113 Å². The van der Waals surface area contributed by atoms with Crippen molar-refractivity contribution in [1.82, 2.24) is 0 Å². The largest absolute Gasteiger partial charge is 0.384 e. The monoisotopic (exact) mass is 452 g/mol. The normalized spacial score (nSPS) is 18.8. The van der Waals surface area contributed by atoms with Crippen LogP contribution in [0.5, 0.6) is 0 Å². The molecule has 9 heteroatoms. The van der Waals surface area contributed by atoms with E-state index in [1.54, 1.807) is 40.1 Å². The van der Waals surface area contributed by atoms with Crippen molar-refractivity contribution in [2.45, 2.75) is 36.3 Å². The van der Waals surface area contributed by atoms with E-state index in [0.717, 1.165) is 21.2 Å². The molecule has 1 aromatic heterocycles. The number of anilines is 1. The maximum Gasteiger partial charge on any atom is 0.271 e. The Kier molecular flexibility index (Phi) is 5.85. The standard InChI is InChI=1S/C22H20N4O3S2/c1-2-30-22-15(9-10-31-22)19-16(12-23)21(24)25(17-7-4-8-18(27)20(17)19)13-5-3-6-14(11-13)26(28)29/h3,5-6,9-11,19H,2,4,7-8,24H2,1H3/t19-/m1/s1. The van der Waals surface area contributed by atoms with Gasteiger partial charge in [-0.15, -0.1) is 23.1 Å². The smallest absolute Gasteiger partial charge is 0.271 e. The highest BCUT2D eigenvalue weighted by Crippen LogP contribution is 2.49. The second-order valence-electron chi connectivity index (χ2n) is 7.19. The van der Waals surface area contributed by atoms with E-state index >= 15 is 0 Å². The van der Waals surface area contributed by atoms with E-state index < -0.39 is 10.8 Å². The van der Waals surface area contributed by atoms with Crippen LogP contribution in [0.4, 0.5) is 11.4 Å². The fraction of sp³-hybridized carbons (Fsp3) is 0.273. The molecular weight excluding hydrogens is 432 g/mol. The Bertz CT molecular complexity index is 1180. The van der Waals surface area contributed by atoms with E-state index in [9.17, 15) is 20.2 Å². The van der Waals surface area contributed by atoms with Gasteiger partial charge in [-0.1, -0.05) is 13.0 Å². The Morgan fingerprint density at radius 2 is 2.19 bits per heavy atom. The van der Waals surface area contributed by atoms with Gasteiger partial charge in [-0.3, -0.25) is 19.8 Å². The fourth-order valence-electron chi connectivity index (χ4n) is 4.21. The summed E-state index contributed by atoms with van der Waals surface area (Å²) in [6.07, 6.45) is 1.70. The molecule has 2 aliphatic rings. The number of carbonyl (C=O) groups is 1. The van der Waals surface area contributed by atoms with Gasteiger partial charge in [0.2, 0.25) is 0 Å². The van der Waals surface area contributed by atoms with Crippen LogP contribution in [0.2, 0.25) is 0 Å². The molecule has 2 aromatic rings. The van der Waals surface area contributed by atoms with Crippen molar-refractivity contribution in [3.05, 3.63) is 74.1 Å².